The van der Waals surface area contributed by atoms with Crippen molar-refractivity contribution >= 4 is 0 Å². The van der Waals surface area contributed by atoms with Crippen molar-refractivity contribution in [1.29, 1.82) is 0 Å². The zero-order valence-corrected chi connectivity index (χ0v) is 12.9. The summed E-state index contributed by atoms with van der Waals surface area (Å²) in [4.78, 5) is 5.11. The summed E-state index contributed by atoms with van der Waals surface area (Å²) in [6.45, 7) is 14.3. The van der Waals surface area contributed by atoms with Crippen LogP contribution in [0.15, 0.2) is 0 Å². The Balaban J connectivity index is 2.02. The van der Waals surface area contributed by atoms with Crippen LogP contribution >= 0.6 is 0 Å². The van der Waals surface area contributed by atoms with Crippen molar-refractivity contribution in [2.45, 2.75) is 46.1 Å². The number of rotatable bonds is 9. The lowest BCUT2D eigenvalue weighted by molar-refractivity contribution is 0.207. The van der Waals surface area contributed by atoms with Gasteiger partial charge in [-0.3, -0.25) is 0 Å². The van der Waals surface area contributed by atoms with Crippen LogP contribution in [0.5, 0.6) is 0 Å². The number of hydrogen-bond acceptors (Lipinski definition) is 3. The molecule has 0 aromatic rings. The first-order valence-corrected chi connectivity index (χ1v) is 7.73. The molecule has 1 fully saturated rings. The molecule has 0 amide bonds. The molecule has 1 aliphatic heterocycles. The van der Waals surface area contributed by atoms with Gasteiger partial charge in [0, 0.05) is 19.1 Å². The molecule has 0 bridgehead atoms. The molecule has 1 aliphatic rings. The first-order valence-electron chi connectivity index (χ1n) is 7.73. The van der Waals surface area contributed by atoms with E-state index in [-0.39, 0.29) is 0 Å². The Labute approximate surface area is 114 Å². The fourth-order valence-electron chi connectivity index (χ4n) is 2.45. The average molecular weight is 255 g/mol. The zero-order chi connectivity index (χ0) is 13.4. The van der Waals surface area contributed by atoms with E-state index in [0.29, 0.717) is 6.04 Å². The Morgan fingerprint density at radius 1 is 1.17 bits per heavy atom. The number of likely N-dealkylation sites (N-methyl/N-ethyl adjacent to an activating group) is 1. The van der Waals surface area contributed by atoms with Crippen LogP contribution in [0.4, 0.5) is 0 Å². The van der Waals surface area contributed by atoms with E-state index in [1.165, 1.54) is 45.4 Å². The van der Waals surface area contributed by atoms with Crippen molar-refractivity contribution < 1.29 is 0 Å². The molecule has 1 N–H and O–H groups in total. The average Bonchev–Trinajstić information content (AvgIpc) is 2.84. The molecule has 3 heteroatoms. The van der Waals surface area contributed by atoms with E-state index in [4.69, 9.17) is 0 Å². The second-order valence-electron chi connectivity index (χ2n) is 6.27. The minimum Gasteiger partial charge on any atom is -0.316 e. The minimum absolute atomic E-state index is 0.687. The van der Waals surface area contributed by atoms with Gasteiger partial charge in [0.15, 0.2) is 0 Å². The molecule has 18 heavy (non-hydrogen) atoms. The number of nitrogens with one attached hydrogen (secondary N) is 1. The number of likely N-dealkylation sites (tertiary alicyclic amines) is 1. The van der Waals surface area contributed by atoms with Crippen LogP contribution in [0.2, 0.25) is 0 Å². The van der Waals surface area contributed by atoms with Gasteiger partial charge in [-0.1, -0.05) is 13.8 Å². The van der Waals surface area contributed by atoms with E-state index in [0.717, 1.165) is 19.0 Å². The van der Waals surface area contributed by atoms with Crippen LogP contribution < -0.4 is 5.32 Å². The van der Waals surface area contributed by atoms with Crippen LogP contribution in [-0.4, -0.2) is 62.2 Å². The Hall–Kier alpha value is -0.120. The summed E-state index contributed by atoms with van der Waals surface area (Å²) in [6.07, 6.45) is 4.06. The molecular weight excluding hydrogens is 222 g/mol. The van der Waals surface area contributed by atoms with Crippen LogP contribution in [0.1, 0.15) is 40.0 Å². The van der Waals surface area contributed by atoms with E-state index in [2.05, 4.69) is 42.9 Å². The van der Waals surface area contributed by atoms with Gasteiger partial charge in [-0.15, -0.1) is 0 Å². The normalized spacial score (nSPS) is 19.0. The van der Waals surface area contributed by atoms with Gasteiger partial charge in [-0.05, 0) is 65.3 Å². The Morgan fingerprint density at radius 2 is 1.83 bits per heavy atom. The first-order chi connectivity index (χ1) is 8.59. The lowest BCUT2D eigenvalue weighted by atomic mass is 10.2. The standard InChI is InChI=1S/C15H33N3/c1-14(2)13-16-8-7-15(3)17(4)11-12-18-9-5-6-10-18/h14-16H,5-13H2,1-4H3. The number of hydrogen-bond donors (Lipinski definition) is 1. The highest BCUT2D eigenvalue weighted by Gasteiger charge is 2.14. The molecule has 1 rings (SSSR count). The van der Waals surface area contributed by atoms with Crippen LogP contribution in [0.25, 0.3) is 0 Å². The predicted molar refractivity (Wildman–Crippen MR) is 80.1 cm³/mol. The van der Waals surface area contributed by atoms with E-state index < -0.39 is 0 Å². The topological polar surface area (TPSA) is 18.5 Å². The minimum atomic E-state index is 0.687. The van der Waals surface area contributed by atoms with E-state index in [9.17, 15) is 0 Å². The molecular formula is C15H33N3. The molecule has 0 aliphatic carbocycles. The molecule has 0 saturated carbocycles. The van der Waals surface area contributed by atoms with Crippen molar-refractivity contribution in [3.63, 3.8) is 0 Å². The Morgan fingerprint density at radius 3 is 2.44 bits per heavy atom. The summed E-state index contributed by atoms with van der Waals surface area (Å²) in [5, 5.41) is 3.53. The highest BCUT2D eigenvalue weighted by molar-refractivity contribution is 4.70. The maximum atomic E-state index is 3.53. The summed E-state index contributed by atoms with van der Waals surface area (Å²) in [7, 11) is 2.27. The van der Waals surface area contributed by atoms with E-state index >= 15 is 0 Å². The Kier molecular flexibility index (Phi) is 7.87. The summed E-state index contributed by atoms with van der Waals surface area (Å²) >= 11 is 0. The third-order valence-electron chi connectivity index (χ3n) is 4.01. The highest BCUT2D eigenvalue weighted by Crippen LogP contribution is 2.07. The molecule has 0 radical (unpaired) electrons. The van der Waals surface area contributed by atoms with Crippen molar-refractivity contribution in [3.8, 4) is 0 Å². The molecule has 108 valence electrons. The monoisotopic (exact) mass is 255 g/mol. The van der Waals surface area contributed by atoms with Crippen molar-refractivity contribution in [3.05, 3.63) is 0 Å². The van der Waals surface area contributed by atoms with Crippen LogP contribution in [0, 0.1) is 5.92 Å². The van der Waals surface area contributed by atoms with Gasteiger partial charge >= 0.3 is 0 Å². The Bertz CT molecular complexity index is 200. The van der Waals surface area contributed by atoms with Gasteiger partial charge in [0.1, 0.15) is 0 Å². The third kappa shape index (κ3) is 6.72. The summed E-state index contributed by atoms with van der Waals surface area (Å²) in [5.41, 5.74) is 0. The maximum absolute atomic E-state index is 3.53. The van der Waals surface area contributed by atoms with Gasteiger partial charge in [0.05, 0.1) is 0 Å². The van der Waals surface area contributed by atoms with Gasteiger partial charge in [0.25, 0.3) is 0 Å². The van der Waals surface area contributed by atoms with Crippen molar-refractivity contribution in [2.75, 3.05) is 46.3 Å². The van der Waals surface area contributed by atoms with Gasteiger partial charge in [-0.2, -0.15) is 0 Å². The quantitative estimate of drug-likeness (QED) is 0.636. The highest BCUT2D eigenvalue weighted by atomic mass is 15.2. The van der Waals surface area contributed by atoms with Gasteiger partial charge in [0.2, 0.25) is 0 Å². The lowest BCUT2D eigenvalue weighted by Crippen LogP contribution is -2.38. The zero-order valence-electron chi connectivity index (χ0n) is 12.9. The predicted octanol–water partition coefficient (Wildman–Crippen LogP) is 2.04. The summed E-state index contributed by atoms with van der Waals surface area (Å²) in [5.74, 6) is 0.758. The van der Waals surface area contributed by atoms with Crippen molar-refractivity contribution in [1.82, 2.24) is 15.1 Å². The van der Waals surface area contributed by atoms with Crippen LogP contribution in [-0.2, 0) is 0 Å². The second-order valence-corrected chi connectivity index (χ2v) is 6.27. The number of nitrogens with zero attached hydrogens (tertiary/aromatic N) is 2. The molecule has 0 spiro atoms. The molecule has 0 aromatic heterocycles. The van der Waals surface area contributed by atoms with Gasteiger partial charge < -0.3 is 15.1 Å². The first kappa shape index (κ1) is 15.9. The lowest BCUT2D eigenvalue weighted by Gasteiger charge is -2.27. The van der Waals surface area contributed by atoms with E-state index in [1.54, 1.807) is 0 Å². The van der Waals surface area contributed by atoms with Crippen LogP contribution in [0.3, 0.4) is 0 Å². The molecule has 1 saturated heterocycles. The third-order valence-corrected chi connectivity index (χ3v) is 4.01. The SMILES string of the molecule is CC(C)CNCCC(C)N(C)CCN1CCCC1. The largest absolute Gasteiger partial charge is 0.316 e. The smallest absolute Gasteiger partial charge is 0.0109 e. The van der Waals surface area contributed by atoms with Gasteiger partial charge in [-0.25, -0.2) is 0 Å². The van der Waals surface area contributed by atoms with E-state index in [1.807, 2.05) is 0 Å². The molecule has 1 heterocycles. The molecule has 0 aromatic carbocycles. The summed E-state index contributed by atoms with van der Waals surface area (Å²) in [6, 6.07) is 0.687. The fraction of sp³-hybridized carbons (Fsp3) is 1.00. The van der Waals surface area contributed by atoms with Crippen molar-refractivity contribution in [2.24, 2.45) is 5.92 Å². The second kappa shape index (κ2) is 8.89. The fourth-order valence-corrected chi connectivity index (χ4v) is 2.45. The molecule has 1 atom stereocenters. The molecule has 1 unspecified atom stereocenters. The summed E-state index contributed by atoms with van der Waals surface area (Å²) < 4.78 is 0. The maximum Gasteiger partial charge on any atom is 0.0109 e. The molecule has 3 nitrogen and oxygen atoms in total.